The molecule has 0 radical (unpaired) electrons. The lowest BCUT2D eigenvalue weighted by atomic mass is 9.80. The molecule has 2 aliphatic heterocycles. The van der Waals surface area contributed by atoms with Gasteiger partial charge < -0.3 is 20.4 Å². The second-order valence-corrected chi connectivity index (χ2v) is 12.2. The first kappa shape index (κ1) is 34.5. The molecule has 2 unspecified atom stereocenters. The molecule has 3 atom stereocenters. The number of aliphatic hydroxyl groups is 1. The van der Waals surface area contributed by atoms with E-state index in [9.17, 15) is 41.0 Å². The summed E-state index contributed by atoms with van der Waals surface area (Å²) in [4.78, 5) is 29.2. The minimum atomic E-state index is -4.96. The van der Waals surface area contributed by atoms with Gasteiger partial charge in [0.1, 0.15) is 6.04 Å². The number of hydrogen-bond acceptors (Lipinski definition) is 6. The molecule has 0 saturated carbocycles. The SMILES string of the molecule is O=C(NC1(C(F)(F)F)C=CC(c2ccccc2)=C(CN2CCC[C@H]2C(F)(F)F)C1)c1ccc(N2CCN(CC(O)C(=O)O)CC2)cc1. The minimum Gasteiger partial charge on any atom is -0.479 e. The van der Waals surface area contributed by atoms with Crippen LogP contribution in [-0.4, -0.2) is 108 Å². The molecule has 2 aromatic rings. The topological polar surface area (TPSA) is 96.4 Å². The van der Waals surface area contributed by atoms with E-state index < -0.39 is 48.3 Å². The minimum absolute atomic E-state index is 0.0115. The summed E-state index contributed by atoms with van der Waals surface area (Å²) in [6, 6.07) is 12.8. The van der Waals surface area contributed by atoms with Crippen molar-refractivity contribution in [2.45, 2.75) is 49.3 Å². The smallest absolute Gasteiger partial charge is 0.415 e. The van der Waals surface area contributed by atoms with Gasteiger partial charge in [0, 0.05) is 56.9 Å². The van der Waals surface area contributed by atoms with Gasteiger partial charge in [0.2, 0.25) is 0 Å². The van der Waals surface area contributed by atoms with Crippen molar-refractivity contribution in [2.24, 2.45) is 0 Å². The van der Waals surface area contributed by atoms with Gasteiger partial charge in [0.05, 0.1) is 0 Å². The molecule has 2 fully saturated rings. The maximum atomic E-state index is 14.9. The molecular formula is C33H36F6N4O4. The number of nitrogens with zero attached hydrogens (tertiary/aromatic N) is 3. The third-order valence-corrected chi connectivity index (χ3v) is 9.05. The average molecular weight is 667 g/mol. The van der Waals surface area contributed by atoms with E-state index in [1.54, 1.807) is 42.5 Å². The fraction of sp³-hybridized carbons (Fsp3) is 0.455. The van der Waals surface area contributed by atoms with Gasteiger partial charge in [-0.15, -0.1) is 0 Å². The van der Waals surface area contributed by atoms with E-state index >= 15 is 0 Å². The van der Waals surface area contributed by atoms with E-state index in [1.165, 1.54) is 23.1 Å². The predicted molar refractivity (Wildman–Crippen MR) is 163 cm³/mol. The summed E-state index contributed by atoms with van der Waals surface area (Å²) < 4.78 is 86.0. The summed E-state index contributed by atoms with van der Waals surface area (Å²) in [5, 5.41) is 20.7. The number of aliphatic hydroxyl groups excluding tert-OH is 1. The number of alkyl halides is 6. The Labute approximate surface area is 267 Å². The molecule has 47 heavy (non-hydrogen) atoms. The average Bonchev–Trinajstić information content (AvgIpc) is 3.50. The van der Waals surface area contributed by atoms with Crippen molar-refractivity contribution in [1.82, 2.24) is 15.1 Å². The van der Waals surface area contributed by atoms with Gasteiger partial charge in [-0.25, -0.2) is 4.79 Å². The van der Waals surface area contributed by atoms with Crippen LogP contribution in [0.15, 0.2) is 72.3 Å². The quantitative estimate of drug-likeness (QED) is 0.334. The normalized spacial score (nSPS) is 23.6. The molecule has 3 N–H and O–H groups in total. The number of aliphatic carboxylic acids is 1. The van der Waals surface area contributed by atoms with Gasteiger partial charge >= 0.3 is 18.3 Å². The van der Waals surface area contributed by atoms with Crippen LogP contribution in [0.1, 0.15) is 35.2 Å². The summed E-state index contributed by atoms with van der Waals surface area (Å²) in [5.41, 5.74) is -1.04. The fourth-order valence-corrected chi connectivity index (χ4v) is 6.49. The third-order valence-electron chi connectivity index (χ3n) is 9.05. The van der Waals surface area contributed by atoms with Crippen LogP contribution in [0.25, 0.3) is 5.57 Å². The summed E-state index contributed by atoms with van der Waals surface area (Å²) in [5.74, 6) is -2.29. The molecule has 14 heteroatoms. The van der Waals surface area contributed by atoms with Crippen molar-refractivity contribution in [3.63, 3.8) is 0 Å². The van der Waals surface area contributed by atoms with Crippen molar-refractivity contribution < 1.29 is 46.1 Å². The lowest BCUT2D eigenvalue weighted by molar-refractivity contribution is -0.181. The molecule has 254 valence electrons. The number of carboxylic acids is 1. The number of β-amino-alcohol motifs (C(OH)–C–C–N with tert-alkyl or cyclic N) is 1. The number of benzene rings is 2. The Morgan fingerprint density at radius 2 is 1.60 bits per heavy atom. The number of carbonyl (C=O) groups is 2. The highest BCUT2D eigenvalue weighted by atomic mass is 19.4. The molecule has 3 aliphatic rings. The number of piperazine rings is 1. The number of allylic oxidation sites excluding steroid dienone is 2. The first-order chi connectivity index (χ1) is 22.2. The lowest BCUT2D eigenvalue weighted by Gasteiger charge is -2.39. The molecule has 2 aromatic carbocycles. The Bertz CT molecular complexity index is 1490. The zero-order valence-corrected chi connectivity index (χ0v) is 25.4. The molecule has 2 saturated heterocycles. The third kappa shape index (κ3) is 7.82. The molecule has 5 rings (SSSR count). The molecule has 0 aromatic heterocycles. The Morgan fingerprint density at radius 3 is 2.19 bits per heavy atom. The fourth-order valence-electron chi connectivity index (χ4n) is 6.49. The largest absolute Gasteiger partial charge is 0.479 e. The first-order valence-corrected chi connectivity index (χ1v) is 15.3. The van der Waals surface area contributed by atoms with Gasteiger partial charge in [0.15, 0.2) is 11.6 Å². The van der Waals surface area contributed by atoms with Crippen LogP contribution in [0.4, 0.5) is 32.0 Å². The lowest BCUT2D eigenvalue weighted by Crippen LogP contribution is -2.59. The molecule has 0 spiro atoms. The van der Waals surface area contributed by atoms with Gasteiger partial charge in [-0.05, 0) is 66.4 Å². The number of likely N-dealkylation sites (tertiary alicyclic amines) is 1. The van der Waals surface area contributed by atoms with E-state index in [4.69, 9.17) is 5.11 Å². The highest BCUT2D eigenvalue weighted by Crippen LogP contribution is 2.44. The van der Waals surface area contributed by atoms with E-state index in [0.717, 1.165) is 6.08 Å². The van der Waals surface area contributed by atoms with Crippen LogP contribution < -0.4 is 10.2 Å². The van der Waals surface area contributed by atoms with Crippen molar-refractivity contribution >= 4 is 23.1 Å². The van der Waals surface area contributed by atoms with Gasteiger partial charge in [-0.1, -0.05) is 36.4 Å². The summed E-state index contributed by atoms with van der Waals surface area (Å²) in [6.07, 6.45) is -9.45. The predicted octanol–water partition coefficient (Wildman–Crippen LogP) is 4.73. The number of carbonyl (C=O) groups excluding carboxylic acids is 1. The number of halogens is 6. The van der Waals surface area contributed by atoms with E-state index in [0.29, 0.717) is 43.0 Å². The van der Waals surface area contributed by atoms with Gasteiger partial charge in [-0.2, -0.15) is 26.3 Å². The van der Waals surface area contributed by atoms with Crippen molar-refractivity contribution in [3.8, 4) is 0 Å². The zero-order valence-electron chi connectivity index (χ0n) is 25.4. The summed E-state index contributed by atoms with van der Waals surface area (Å²) in [6.45, 7) is 1.72. The standard InChI is InChI=1S/C33H36F6N4O4/c34-32(35,36)28-7-4-14-43(28)20-24-19-31(33(37,38)39,13-12-26(24)22-5-2-1-3-6-22)40-29(45)23-8-10-25(11-9-23)42-17-15-41(16-18-42)21-27(44)30(46)47/h1-3,5-6,8-13,27-28,44H,4,7,14-21H2,(H,40,45)(H,46,47)/t27?,28-,31?/m0/s1. The van der Waals surface area contributed by atoms with E-state index in [2.05, 4.69) is 5.32 Å². The highest BCUT2D eigenvalue weighted by Gasteiger charge is 2.56. The van der Waals surface area contributed by atoms with Gasteiger partial charge in [-0.3, -0.25) is 14.6 Å². The number of hydrogen-bond donors (Lipinski definition) is 3. The van der Waals surface area contributed by atoms with Crippen LogP contribution in [-0.2, 0) is 4.79 Å². The van der Waals surface area contributed by atoms with Crippen LogP contribution in [0.2, 0.25) is 0 Å². The van der Waals surface area contributed by atoms with Crippen LogP contribution in [0.5, 0.6) is 0 Å². The van der Waals surface area contributed by atoms with Crippen LogP contribution >= 0.6 is 0 Å². The maximum absolute atomic E-state index is 14.9. The number of rotatable bonds is 9. The van der Waals surface area contributed by atoms with Crippen LogP contribution in [0, 0.1) is 0 Å². The molecule has 1 aliphatic carbocycles. The van der Waals surface area contributed by atoms with Crippen LogP contribution in [0.3, 0.4) is 0 Å². The summed E-state index contributed by atoms with van der Waals surface area (Å²) >= 11 is 0. The van der Waals surface area contributed by atoms with E-state index in [-0.39, 0.29) is 43.6 Å². The van der Waals surface area contributed by atoms with E-state index in [1.807, 2.05) is 9.80 Å². The molecule has 2 heterocycles. The number of nitrogens with one attached hydrogen (secondary N) is 1. The number of anilines is 1. The summed E-state index contributed by atoms with van der Waals surface area (Å²) in [7, 11) is 0. The number of amides is 1. The molecular weight excluding hydrogens is 630 g/mol. The Morgan fingerprint density at radius 1 is 0.936 bits per heavy atom. The second-order valence-electron chi connectivity index (χ2n) is 12.2. The number of carboxylic acid groups (broad SMARTS) is 1. The highest BCUT2D eigenvalue weighted by molar-refractivity contribution is 5.95. The Balaban J connectivity index is 1.34. The Kier molecular flexibility index (Phi) is 10.0. The van der Waals surface area contributed by atoms with Crippen molar-refractivity contribution in [1.29, 1.82) is 0 Å². The first-order valence-electron chi connectivity index (χ1n) is 15.3. The monoisotopic (exact) mass is 666 g/mol. The molecule has 8 nitrogen and oxygen atoms in total. The Hall–Kier alpha value is -3.88. The van der Waals surface area contributed by atoms with Gasteiger partial charge in [0.25, 0.3) is 5.91 Å². The maximum Gasteiger partial charge on any atom is 0.415 e. The zero-order chi connectivity index (χ0) is 34.0. The molecule has 0 bridgehead atoms. The van der Waals surface area contributed by atoms with Crippen molar-refractivity contribution in [2.75, 3.05) is 50.7 Å². The van der Waals surface area contributed by atoms with Crippen molar-refractivity contribution in [3.05, 3.63) is 83.4 Å². The molecule has 1 amide bonds. The second kappa shape index (κ2) is 13.7.